The fourth-order valence-electron chi connectivity index (χ4n) is 3.44. The average molecular weight is 408 g/mol. The number of nitrogen functional groups attached to an aromatic ring is 1. The van der Waals surface area contributed by atoms with Crippen LogP contribution in [0.2, 0.25) is 0 Å². The van der Waals surface area contributed by atoms with Gasteiger partial charge in [-0.05, 0) is 31.2 Å². The van der Waals surface area contributed by atoms with Crippen molar-refractivity contribution in [1.29, 1.82) is 5.26 Å². The van der Waals surface area contributed by atoms with Crippen LogP contribution in [0.5, 0.6) is 0 Å². The van der Waals surface area contributed by atoms with Crippen molar-refractivity contribution in [3.05, 3.63) is 77.8 Å². The van der Waals surface area contributed by atoms with Gasteiger partial charge in [0.25, 0.3) is 0 Å². The predicted molar refractivity (Wildman–Crippen MR) is 113 cm³/mol. The second kappa shape index (κ2) is 7.35. The third kappa shape index (κ3) is 3.26. The fourth-order valence-corrected chi connectivity index (χ4v) is 3.44. The number of nitrogens with two attached hydrogens (primary N) is 1. The molecule has 5 rings (SSSR count). The fraction of sp³-hybridized carbons (Fsp3) is 0.0909. The van der Waals surface area contributed by atoms with Crippen LogP contribution in [-0.2, 0) is 6.42 Å². The van der Waals surface area contributed by atoms with E-state index in [2.05, 4.69) is 26.1 Å². The molecule has 0 aliphatic heterocycles. The van der Waals surface area contributed by atoms with Gasteiger partial charge >= 0.3 is 0 Å². The van der Waals surface area contributed by atoms with E-state index < -0.39 is 0 Å². The van der Waals surface area contributed by atoms with Crippen LogP contribution in [0, 0.1) is 18.3 Å². The maximum absolute atomic E-state index is 9.32. The Hall–Kier alpha value is -4.58. The molecule has 0 spiro atoms. The van der Waals surface area contributed by atoms with Crippen molar-refractivity contribution in [2.24, 2.45) is 0 Å². The third-order valence-electron chi connectivity index (χ3n) is 4.86. The molecule has 9 heteroatoms. The summed E-state index contributed by atoms with van der Waals surface area (Å²) in [5.74, 6) is 1.24. The summed E-state index contributed by atoms with van der Waals surface area (Å²) < 4.78 is 7.19. The van der Waals surface area contributed by atoms with E-state index in [1.54, 1.807) is 24.4 Å². The molecule has 0 saturated heterocycles. The molecule has 150 valence electrons. The van der Waals surface area contributed by atoms with Gasteiger partial charge in [-0.25, -0.2) is 15.0 Å². The number of rotatable bonds is 4. The van der Waals surface area contributed by atoms with Crippen molar-refractivity contribution >= 4 is 11.6 Å². The van der Waals surface area contributed by atoms with Crippen LogP contribution in [0.1, 0.15) is 22.8 Å². The topological polar surface area (TPSA) is 132 Å². The first kappa shape index (κ1) is 18.4. The number of hydrogen-bond acceptors (Lipinski definition) is 8. The minimum absolute atomic E-state index is 0.174. The Morgan fingerprint density at radius 3 is 2.77 bits per heavy atom. The Morgan fingerprint density at radius 2 is 2.03 bits per heavy atom. The first-order valence-electron chi connectivity index (χ1n) is 9.50. The molecule has 0 aliphatic rings. The van der Waals surface area contributed by atoms with Crippen LogP contribution in [0.3, 0.4) is 0 Å². The van der Waals surface area contributed by atoms with Gasteiger partial charge in [0.05, 0.1) is 35.0 Å². The molecule has 0 aliphatic carbocycles. The van der Waals surface area contributed by atoms with E-state index >= 15 is 0 Å². The number of pyridine rings is 1. The molecule has 0 unspecified atom stereocenters. The highest BCUT2D eigenvalue weighted by Crippen LogP contribution is 2.36. The monoisotopic (exact) mass is 408 g/mol. The van der Waals surface area contributed by atoms with Crippen LogP contribution in [0.4, 0.5) is 5.95 Å². The van der Waals surface area contributed by atoms with E-state index in [4.69, 9.17) is 15.1 Å². The molecule has 0 atom stereocenters. The Morgan fingerprint density at radius 1 is 1.13 bits per heavy atom. The number of aryl methyl sites for hydroxylation is 1. The van der Waals surface area contributed by atoms with Crippen LogP contribution >= 0.6 is 0 Å². The van der Waals surface area contributed by atoms with E-state index in [-0.39, 0.29) is 5.95 Å². The third-order valence-corrected chi connectivity index (χ3v) is 4.86. The first-order chi connectivity index (χ1) is 15.1. The van der Waals surface area contributed by atoms with Gasteiger partial charge in [0.2, 0.25) is 5.95 Å². The molecule has 4 aromatic heterocycles. The molecular formula is C22H16N8O. The molecule has 0 amide bonds. The SMILES string of the molecule is Cc1ncoc1-c1c(-c2cccc(C#N)c2)nc(N)n2nc(Cc3ccccn3)nc12. The summed E-state index contributed by atoms with van der Waals surface area (Å²) in [6, 6.07) is 15.0. The van der Waals surface area contributed by atoms with E-state index in [1.807, 2.05) is 31.2 Å². The van der Waals surface area contributed by atoms with Gasteiger partial charge in [-0.15, -0.1) is 5.10 Å². The van der Waals surface area contributed by atoms with Gasteiger partial charge in [0, 0.05) is 17.5 Å². The normalized spacial score (nSPS) is 11.0. The van der Waals surface area contributed by atoms with Crippen LogP contribution in [0.15, 0.2) is 59.5 Å². The number of hydrogen-bond donors (Lipinski definition) is 1. The van der Waals surface area contributed by atoms with E-state index in [9.17, 15) is 5.26 Å². The number of oxazole rings is 1. The van der Waals surface area contributed by atoms with E-state index in [1.165, 1.54) is 10.9 Å². The van der Waals surface area contributed by atoms with Crippen molar-refractivity contribution in [1.82, 2.24) is 29.5 Å². The largest absolute Gasteiger partial charge is 0.443 e. The van der Waals surface area contributed by atoms with Crippen molar-refractivity contribution in [2.75, 3.05) is 5.73 Å². The number of nitriles is 1. The summed E-state index contributed by atoms with van der Waals surface area (Å²) in [7, 11) is 0. The maximum Gasteiger partial charge on any atom is 0.223 e. The molecule has 1 aromatic carbocycles. The number of benzene rings is 1. The zero-order valence-electron chi connectivity index (χ0n) is 16.5. The molecule has 0 fully saturated rings. The molecule has 2 N–H and O–H groups in total. The van der Waals surface area contributed by atoms with Gasteiger partial charge in [-0.2, -0.15) is 9.78 Å². The summed E-state index contributed by atoms with van der Waals surface area (Å²) in [5, 5.41) is 13.9. The highest BCUT2D eigenvalue weighted by Gasteiger charge is 2.24. The molecule has 0 bridgehead atoms. The molecule has 31 heavy (non-hydrogen) atoms. The van der Waals surface area contributed by atoms with Crippen molar-refractivity contribution in [3.8, 4) is 28.7 Å². The van der Waals surface area contributed by atoms with Gasteiger partial charge in [-0.3, -0.25) is 4.98 Å². The number of anilines is 1. The summed E-state index contributed by atoms with van der Waals surface area (Å²) in [4.78, 5) is 17.9. The summed E-state index contributed by atoms with van der Waals surface area (Å²) in [6.45, 7) is 1.84. The Balaban J connectivity index is 1.77. The standard InChI is InChI=1S/C22H16N8O/c1-13-20(31-12-26-13)18-19(15-6-4-5-14(9-15)11-23)28-22(24)30-21(18)27-17(29-30)10-16-7-2-3-8-25-16/h2-9,12H,10H2,1H3,(H2,24,28). The van der Waals surface area contributed by atoms with Crippen molar-refractivity contribution in [2.45, 2.75) is 13.3 Å². The molecule has 9 nitrogen and oxygen atoms in total. The van der Waals surface area contributed by atoms with Crippen molar-refractivity contribution < 1.29 is 4.42 Å². The smallest absolute Gasteiger partial charge is 0.223 e. The van der Waals surface area contributed by atoms with Gasteiger partial charge < -0.3 is 10.2 Å². The average Bonchev–Trinajstić information content (AvgIpc) is 3.41. The lowest BCUT2D eigenvalue weighted by Gasteiger charge is -2.10. The molecule has 4 heterocycles. The molecule has 0 saturated carbocycles. The van der Waals surface area contributed by atoms with Crippen LogP contribution in [-0.4, -0.2) is 29.5 Å². The zero-order valence-corrected chi connectivity index (χ0v) is 16.5. The van der Waals surface area contributed by atoms with Gasteiger partial charge in [-0.1, -0.05) is 18.2 Å². The van der Waals surface area contributed by atoms with E-state index in [0.717, 1.165) is 5.69 Å². The Bertz CT molecular complexity index is 1450. The first-order valence-corrected chi connectivity index (χ1v) is 9.50. The molecule has 5 aromatic rings. The minimum Gasteiger partial charge on any atom is -0.443 e. The molecular weight excluding hydrogens is 392 g/mol. The van der Waals surface area contributed by atoms with Crippen LogP contribution in [0.25, 0.3) is 28.2 Å². The van der Waals surface area contributed by atoms with Crippen LogP contribution < -0.4 is 5.73 Å². The quantitative estimate of drug-likeness (QED) is 0.479. The number of nitrogens with zero attached hydrogens (tertiary/aromatic N) is 7. The lowest BCUT2D eigenvalue weighted by Crippen LogP contribution is -2.06. The Labute approximate surface area is 176 Å². The Kier molecular flexibility index (Phi) is 4.37. The zero-order chi connectivity index (χ0) is 21.4. The minimum atomic E-state index is 0.174. The second-order valence-corrected chi connectivity index (χ2v) is 6.91. The summed E-state index contributed by atoms with van der Waals surface area (Å²) >= 11 is 0. The lowest BCUT2D eigenvalue weighted by atomic mass is 10.0. The number of fused-ring (bicyclic) bond motifs is 1. The second-order valence-electron chi connectivity index (χ2n) is 6.91. The molecule has 0 radical (unpaired) electrons. The highest BCUT2D eigenvalue weighted by molar-refractivity contribution is 5.89. The van der Waals surface area contributed by atoms with Gasteiger partial charge in [0.1, 0.15) is 0 Å². The predicted octanol–water partition coefficient (Wildman–Crippen LogP) is 3.19. The summed E-state index contributed by atoms with van der Waals surface area (Å²) in [6.07, 6.45) is 3.54. The lowest BCUT2D eigenvalue weighted by molar-refractivity contribution is 0.571. The van der Waals surface area contributed by atoms with E-state index in [0.29, 0.717) is 51.7 Å². The maximum atomic E-state index is 9.32. The van der Waals surface area contributed by atoms with Crippen molar-refractivity contribution in [3.63, 3.8) is 0 Å². The highest BCUT2D eigenvalue weighted by atomic mass is 16.3. The summed E-state index contributed by atoms with van der Waals surface area (Å²) in [5.41, 5.74) is 10.6. The number of aromatic nitrogens is 6. The van der Waals surface area contributed by atoms with Gasteiger partial charge in [0.15, 0.2) is 23.6 Å².